The van der Waals surface area contributed by atoms with Gasteiger partial charge >= 0.3 is 0 Å². The first-order chi connectivity index (χ1) is 9.78. The molecule has 0 bridgehead atoms. The monoisotopic (exact) mass is 271 g/mol. The molecule has 0 aliphatic carbocycles. The SMILES string of the molecule is CCCCNc1cc(C)nc(NCc2ccccn2)n1. The highest BCUT2D eigenvalue weighted by Crippen LogP contribution is 2.10. The molecule has 0 unspecified atom stereocenters. The van der Waals surface area contributed by atoms with Crippen molar-refractivity contribution in [1.29, 1.82) is 0 Å². The number of aromatic nitrogens is 3. The summed E-state index contributed by atoms with van der Waals surface area (Å²) in [6, 6.07) is 7.81. The molecule has 0 atom stereocenters. The van der Waals surface area contributed by atoms with Crippen molar-refractivity contribution in [2.45, 2.75) is 33.2 Å². The number of hydrogen-bond acceptors (Lipinski definition) is 5. The lowest BCUT2D eigenvalue weighted by Crippen LogP contribution is -2.09. The first-order valence-corrected chi connectivity index (χ1v) is 7.01. The van der Waals surface area contributed by atoms with Crippen LogP contribution in [-0.4, -0.2) is 21.5 Å². The van der Waals surface area contributed by atoms with Gasteiger partial charge in [0.1, 0.15) is 5.82 Å². The molecule has 0 spiro atoms. The lowest BCUT2D eigenvalue weighted by atomic mass is 10.3. The molecule has 0 amide bonds. The molecular formula is C15H21N5. The summed E-state index contributed by atoms with van der Waals surface area (Å²) in [5.41, 5.74) is 1.92. The number of anilines is 2. The molecule has 2 heterocycles. The maximum absolute atomic E-state index is 4.46. The molecule has 2 N–H and O–H groups in total. The Kier molecular flexibility index (Phi) is 5.29. The number of pyridine rings is 1. The van der Waals surface area contributed by atoms with E-state index in [1.54, 1.807) is 6.20 Å². The Morgan fingerprint density at radius 2 is 2.05 bits per heavy atom. The van der Waals surface area contributed by atoms with Crippen molar-refractivity contribution in [3.8, 4) is 0 Å². The lowest BCUT2D eigenvalue weighted by molar-refractivity contribution is 0.829. The van der Waals surface area contributed by atoms with Crippen molar-refractivity contribution in [2.75, 3.05) is 17.2 Å². The zero-order valence-corrected chi connectivity index (χ0v) is 12.1. The number of hydrogen-bond donors (Lipinski definition) is 2. The van der Waals surface area contributed by atoms with Gasteiger partial charge in [0.05, 0.1) is 12.2 Å². The van der Waals surface area contributed by atoms with E-state index in [1.165, 1.54) is 6.42 Å². The van der Waals surface area contributed by atoms with Crippen molar-refractivity contribution in [3.05, 3.63) is 41.9 Å². The van der Waals surface area contributed by atoms with Crippen LogP contribution in [0.4, 0.5) is 11.8 Å². The second kappa shape index (κ2) is 7.43. The van der Waals surface area contributed by atoms with E-state index in [9.17, 15) is 0 Å². The standard InChI is InChI=1S/C15H21N5/c1-3-4-8-17-14-10-12(2)19-15(20-14)18-11-13-7-5-6-9-16-13/h5-7,9-10H,3-4,8,11H2,1-2H3,(H2,17,18,19,20). The van der Waals surface area contributed by atoms with E-state index >= 15 is 0 Å². The average molecular weight is 271 g/mol. The third kappa shape index (κ3) is 4.50. The van der Waals surface area contributed by atoms with E-state index in [4.69, 9.17) is 0 Å². The summed E-state index contributed by atoms with van der Waals surface area (Å²) >= 11 is 0. The number of aryl methyl sites for hydroxylation is 1. The molecular weight excluding hydrogens is 250 g/mol. The van der Waals surface area contributed by atoms with Gasteiger partial charge in [-0.15, -0.1) is 0 Å². The highest BCUT2D eigenvalue weighted by atomic mass is 15.1. The van der Waals surface area contributed by atoms with Crippen molar-refractivity contribution < 1.29 is 0 Å². The van der Waals surface area contributed by atoms with Crippen LogP contribution in [-0.2, 0) is 6.54 Å². The van der Waals surface area contributed by atoms with E-state index in [0.29, 0.717) is 12.5 Å². The molecule has 0 saturated carbocycles. The second-order valence-electron chi connectivity index (χ2n) is 4.67. The van der Waals surface area contributed by atoms with Gasteiger partial charge in [0, 0.05) is 24.5 Å². The van der Waals surface area contributed by atoms with Crippen molar-refractivity contribution >= 4 is 11.8 Å². The Morgan fingerprint density at radius 1 is 1.15 bits per heavy atom. The van der Waals surface area contributed by atoms with Crippen LogP contribution in [0.15, 0.2) is 30.5 Å². The summed E-state index contributed by atoms with van der Waals surface area (Å²) < 4.78 is 0. The predicted molar refractivity (Wildman–Crippen MR) is 81.7 cm³/mol. The summed E-state index contributed by atoms with van der Waals surface area (Å²) in [4.78, 5) is 13.1. The van der Waals surface area contributed by atoms with Crippen LogP contribution in [0.2, 0.25) is 0 Å². The Hall–Kier alpha value is -2.17. The predicted octanol–water partition coefficient (Wildman–Crippen LogP) is 3.00. The van der Waals surface area contributed by atoms with E-state index in [2.05, 4.69) is 32.5 Å². The Balaban J connectivity index is 1.97. The largest absolute Gasteiger partial charge is 0.370 e. The van der Waals surface area contributed by atoms with E-state index in [1.807, 2.05) is 31.2 Å². The maximum Gasteiger partial charge on any atom is 0.225 e. The van der Waals surface area contributed by atoms with Gasteiger partial charge in [-0.05, 0) is 25.5 Å². The number of nitrogens with zero attached hydrogens (tertiary/aromatic N) is 3. The third-order valence-electron chi connectivity index (χ3n) is 2.84. The van der Waals surface area contributed by atoms with Crippen LogP contribution in [0.3, 0.4) is 0 Å². The highest BCUT2D eigenvalue weighted by Gasteiger charge is 2.02. The highest BCUT2D eigenvalue weighted by molar-refractivity contribution is 5.42. The van der Waals surface area contributed by atoms with Gasteiger partial charge in [-0.1, -0.05) is 19.4 Å². The molecule has 0 fully saturated rings. The molecule has 0 saturated heterocycles. The Bertz CT molecular complexity index is 527. The zero-order chi connectivity index (χ0) is 14.2. The Labute approximate surface area is 119 Å². The minimum Gasteiger partial charge on any atom is -0.370 e. The summed E-state index contributed by atoms with van der Waals surface area (Å²) in [6.07, 6.45) is 4.09. The van der Waals surface area contributed by atoms with Gasteiger partial charge in [0.2, 0.25) is 5.95 Å². The summed E-state index contributed by atoms with van der Waals surface area (Å²) in [7, 11) is 0. The molecule has 0 radical (unpaired) electrons. The molecule has 2 rings (SSSR count). The topological polar surface area (TPSA) is 62.7 Å². The fourth-order valence-corrected chi connectivity index (χ4v) is 1.80. The smallest absolute Gasteiger partial charge is 0.225 e. The van der Waals surface area contributed by atoms with Gasteiger partial charge in [0.15, 0.2) is 0 Å². The molecule has 2 aromatic heterocycles. The van der Waals surface area contributed by atoms with Crippen LogP contribution in [0.25, 0.3) is 0 Å². The third-order valence-corrected chi connectivity index (χ3v) is 2.84. The number of nitrogens with one attached hydrogen (secondary N) is 2. The fraction of sp³-hybridized carbons (Fsp3) is 0.400. The van der Waals surface area contributed by atoms with Crippen LogP contribution in [0.5, 0.6) is 0 Å². The fourth-order valence-electron chi connectivity index (χ4n) is 1.80. The van der Waals surface area contributed by atoms with Crippen LogP contribution >= 0.6 is 0 Å². The van der Waals surface area contributed by atoms with Crippen molar-refractivity contribution in [3.63, 3.8) is 0 Å². The maximum atomic E-state index is 4.46. The minimum atomic E-state index is 0.624. The minimum absolute atomic E-state index is 0.624. The average Bonchev–Trinajstić information content (AvgIpc) is 2.46. The molecule has 0 aliphatic rings. The molecule has 20 heavy (non-hydrogen) atoms. The van der Waals surface area contributed by atoms with E-state index < -0.39 is 0 Å². The van der Waals surface area contributed by atoms with Gasteiger partial charge in [0.25, 0.3) is 0 Å². The summed E-state index contributed by atoms with van der Waals surface area (Å²) in [5.74, 6) is 1.50. The second-order valence-corrected chi connectivity index (χ2v) is 4.67. The first kappa shape index (κ1) is 14.2. The van der Waals surface area contributed by atoms with Gasteiger partial charge in [-0.3, -0.25) is 4.98 Å². The van der Waals surface area contributed by atoms with Crippen LogP contribution in [0, 0.1) is 6.92 Å². The molecule has 0 aromatic carbocycles. The number of unbranched alkanes of at least 4 members (excludes halogenated alkanes) is 1. The molecule has 5 heteroatoms. The van der Waals surface area contributed by atoms with Crippen molar-refractivity contribution in [2.24, 2.45) is 0 Å². The normalized spacial score (nSPS) is 10.3. The van der Waals surface area contributed by atoms with E-state index in [0.717, 1.165) is 30.2 Å². The summed E-state index contributed by atoms with van der Waals surface area (Å²) in [6.45, 7) is 5.71. The summed E-state index contributed by atoms with van der Waals surface area (Å²) in [5, 5.41) is 6.53. The first-order valence-electron chi connectivity index (χ1n) is 7.01. The van der Waals surface area contributed by atoms with Gasteiger partial charge in [-0.2, -0.15) is 4.98 Å². The Morgan fingerprint density at radius 3 is 2.80 bits per heavy atom. The lowest BCUT2D eigenvalue weighted by Gasteiger charge is -2.09. The van der Waals surface area contributed by atoms with E-state index in [-0.39, 0.29) is 0 Å². The van der Waals surface area contributed by atoms with Crippen molar-refractivity contribution in [1.82, 2.24) is 15.0 Å². The van der Waals surface area contributed by atoms with Gasteiger partial charge < -0.3 is 10.6 Å². The molecule has 0 aliphatic heterocycles. The van der Waals surface area contributed by atoms with Crippen LogP contribution in [0.1, 0.15) is 31.2 Å². The van der Waals surface area contributed by atoms with Gasteiger partial charge in [-0.25, -0.2) is 4.98 Å². The number of rotatable bonds is 7. The molecule has 5 nitrogen and oxygen atoms in total. The molecule has 106 valence electrons. The zero-order valence-electron chi connectivity index (χ0n) is 12.1. The molecule has 2 aromatic rings. The quantitative estimate of drug-likeness (QED) is 0.758. The van der Waals surface area contributed by atoms with Crippen LogP contribution < -0.4 is 10.6 Å².